The molecular weight excluding hydrogens is 300 g/mol. The van der Waals surface area contributed by atoms with Crippen LogP contribution in [0.25, 0.3) is 0 Å². The van der Waals surface area contributed by atoms with Crippen molar-refractivity contribution in [3.05, 3.63) is 16.5 Å². The number of carboxylic acids is 1. The quantitative estimate of drug-likeness (QED) is 0.792. The van der Waals surface area contributed by atoms with Gasteiger partial charge in [-0.2, -0.15) is 0 Å². The lowest BCUT2D eigenvalue weighted by molar-refractivity contribution is 0.0701. The second-order valence-electron chi connectivity index (χ2n) is 4.85. The van der Waals surface area contributed by atoms with Gasteiger partial charge < -0.3 is 10.0 Å². The van der Waals surface area contributed by atoms with Crippen molar-refractivity contribution in [2.45, 2.75) is 31.0 Å². The minimum atomic E-state index is -3.64. The standard InChI is InChI=1S/C12H20N2O4S2/c1-8(2)14(4)6-5-13-20(17,18)10-7-9(3)11(19-10)12(15)16/h7-8,13H,5-6H2,1-4H3,(H,15,16). The van der Waals surface area contributed by atoms with Gasteiger partial charge in [0, 0.05) is 19.1 Å². The van der Waals surface area contributed by atoms with Crippen molar-refractivity contribution in [1.82, 2.24) is 9.62 Å². The number of thiophene rings is 1. The van der Waals surface area contributed by atoms with Crippen LogP contribution in [0.2, 0.25) is 0 Å². The highest BCUT2D eigenvalue weighted by molar-refractivity contribution is 7.91. The highest BCUT2D eigenvalue weighted by atomic mass is 32.2. The van der Waals surface area contributed by atoms with E-state index in [0.717, 1.165) is 11.3 Å². The topological polar surface area (TPSA) is 86.7 Å². The maximum Gasteiger partial charge on any atom is 0.346 e. The van der Waals surface area contributed by atoms with E-state index in [1.807, 2.05) is 25.8 Å². The number of hydrogen-bond donors (Lipinski definition) is 2. The van der Waals surface area contributed by atoms with Crippen LogP contribution in [-0.4, -0.2) is 50.6 Å². The summed E-state index contributed by atoms with van der Waals surface area (Å²) < 4.78 is 26.6. The molecule has 0 bridgehead atoms. The zero-order valence-corrected chi connectivity index (χ0v) is 13.6. The molecule has 0 saturated heterocycles. The summed E-state index contributed by atoms with van der Waals surface area (Å²) in [4.78, 5) is 13.0. The van der Waals surface area contributed by atoms with Crippen LogP contribution in [0.1, 0.15) is 29.1 Å². The Hall–Kier alpha value is -0.960. The summed E-state index contributed by atoms with van der Waals surface area (Å²) in [5, 5.41) is 8.94. The molecular formula is C12H20N2O4S2. The lowest BCUT2D eigenvalue weighted by atomic mass is 10.3. The summed E-state index contributed by atoms with van der Waals surface area (Å²) in [5.41, 5.74) is 0.460. The van der Waals surface area contributed by atoms with Gasteiger partial charge in [0.15, 0.2) is 0 Å². The van der Waals surface area contributed by atoms with Crippen LogP contribution in [0.3, 0.4) is 0 Å². The van der Waals surface area contributed by atoms with Gasteiger partial charge in [-0.05, 0) is 39.4 Å². The number of hydrogen-bond acceptors (Lipinski definition) is 5. The van der Waals surface area contributed by atoms with Gasteiger partial charge in [-0.1, -0.05) is 0 Å². The third-order valence-corrected chi connectivity index (χ3v) is 6.15. The van der Waals surface area contributed by atoms with Gasteiger partial charge in [0.05, 0.1) is 0 Å². The van der Waals surface area contributed by atoms with Crippen molar-refractivity contribution in [2.75, 3.05) is 20.1 Å². The average Bonchev–Trinajstić information content (AvgIpc) is 2.71. The molecule has 0 radical (unpaired) electrons. The number of nitrogens with one attached hydrogen (secondary N) is 1. The monoisotopic (exact) mass is 320 g/mol. The lowest BCUT2D eigenvalue weighted by Crippen LogP contribution is -2.35. The Labute approximate surface area is 123 Å². The molecule has 20 heavy (non-hydrogen) atoms. The molecule has 0 aliphatic rings. The van der Waals surface area contributed by atoms with Crippen molar-refractivity contribution in [2.24, 2.45) is 0 Å². The predicted molar refractivity (Wildman–Crippen MR) is 79.0 cm³/mol. The van der Waals surface area contributed by atoms with Crippen molar-refractivity contribution >= 4 is 27.3 Å². The summed E-state index contributed by atoms with van der Waals surface area (Å²) in [6.07, 6.45) is 0. The number of likely N-dealkylation sites (N-methyl/N-ethyl adjacent to an activating group) is 1. The Kier molecular flexibility index (Phi) is 5.69. The second kappa shape index (κ2) is 6.66. The molecule has 0 atom stereocenters. The first-order chi connectivity index (χ1) is 9.15. The summed E-state index contributed by atoms with van der Waals surface area (Å²) in [7, 11) is -1.72. The number of aryl methyl sites for hydroxylation is 1. The molecule has 6 nitrogen and oxygen atoms in total. The first-order valence-electron chi connectivity index (χ1n) is 6.18. The molecule has 0 aliphatic heterocycles. The van der Waals surface area contributed by atoms with Crippen molar-refractivity contribution in [3.8, 4) is 0 Å². The molecule has 0 unspecified atom stereocenters. The SMILES string of the molecule is Cc1cc(S(=O)(=O)NCCN(C)C(C)C)sc1C(=O)O. The van der Waals surface area contributed by atoms with Crippen LogP contribution in [0.5, 0.6) is 0 Å². The van der Waals surface area contributed by atoms with E-state index in [-0.39, 0.29) is 15.6 Å². The Bertz CT molecular complexity index is 578. The molecule has 0 amide bonds. The van der Waals surface area contributed by atoms with Gasteiger partial charge in [0.25, 0.3) is 0 Å². The summed E-state index contributed by atoms with van der Waals surface area (Å²) >= 11 is 0.776. The summed E-state index contributed by atoms with van der Waals surface area (Å²) in [5.74, 6) is -1.10. The van der Waals surface area contributed by atoms with Crippen molar-refractivity contribution in [3.63, 3.8) is 0 Å². The van der Waals surface area contributed by atoms with Gasteiger partial charge in [0.2, 0.25) is 10.0 Å². The summed E-state index contributed by atoms with van der Waals surface area (Å²) in [6.45, 7) is 6.52. The van der Waals surface area contributed by atoms with Gasteiger partial charge in [-0.25, -0.2) is 17.9 Å². The molecule has 8 heteroatoms. The van der Waals surface area contributed by atoms with Crippen molar-refractivity contribution in [1.29, 1.82) is 0 Å². The third kappa shape index (κ3) is 4.27. The summed E-state index contributed by atoms with van der Waals surface area (Å²) in [6, 6.07) is 1.73. The van der Waals surface area contributed by atoms with E-state index < -0.39 is 16.0 Å². The van der Waals surface area contributed by atoms with Crippen molar-refractivity contribution < 1.29 is 18.3 Å². The maximum atomic E-state index is 12.1. The van der Waals surface area contributed by atoms with E-state index in [1.165, 1.54) is 6.07 Å². The van der Waals surface area contributed by atoms with Crippen LogP contribution < -0.4 is 4.72 Å². The van der Waals surface area contributed by atoms with E-state index in [0.29, 0.717) is 18.2 Å². The van der Waals surface area contributed by atoms with Gasteiger partial charge in [0.1, 0.15) is 9.09 Å². The molecule has 0 aromatic carbocycles. The van der Waals surface area contributed by atoms with E-state index in [9.17, 15) is 13.2 Å². The number of aromatic carboxylic acids is 1. The van der Waals surface area contributed by atoms with E-state index >= 15 is 0 Å². The highest BCUT2D eigenvalue weighted by Gasteiger charge is 2.21. The average molecular weight is 320 g/mol. The van der Waals surface area contributed by atoms with Crippen LogP contribution in [0.4, 0.5) is 0 Å². The fourth-order valence-electron chi connectivity index (χ4n) is 1.48. The molecule has 0 spiro atoms. The Balaban J connectivity index is 2.75. The highest BCUT2D eigenvalue weighted by Crippen LogP contribution is 2.25. The lowest BCUT2D eigenvalue weighted by Gasteiger charge is -2.20. The van der Waals surface area contributed by atoms with Crippen LogP contribution >= 0.6 is 11.3 Å². The number of carbonyl (C=O) groups is 1. The molecule has 1 rings (SSSR count). The smallest absolute Gasteiger partial charge is 0.346 e. The fraction of sp³-hybridized carbons (Fsp3) is 0.583. The Morgan fingerprint density at radius 1 is 1.50 bits per heavy atom. The normalized spacial score (nSPS) is 12.3. The van der Waals surface area contributed by atoms with E-state index in [2.05, 4.69) is 4.72 Å². The molecule has 2 N–H and O–H groups in total. The maximum absolute atomic E-state index is 12.1. The van der Waals surface area contributed by atoms with E-state index in [4.69, 9.17) is 5.11 Å². The first kappa shape index (κ1) is 17.1. The minimum absolute atomic E-state index is 0.0413. The predicted octanol–water partition coefficient (Wildman–Crippen LogP) is 1.37. The zero-order valence-electron chi connectivity index (χ0n) is 12.0. The molecule has 0 aliphatic carbocycles. The number of sulfonamides is 1. The Morgan fingerprint density at radius 3 is 2.55 bits per heavy atom. The fourth-order valence-corrected chi connectivity index (χ4v) is 3.93. The Morgan fingerprint density at radius 2 is 2.10 bits per heavy atom. The second-order valence-corrected chi connectivity index (χ2v) is 7.90. The molecule has 1 aromatic rings. The van der Waals surface area contributed by atoms with Crippen LogP contribution in [-0.2, 0) is 10.0 Å². The van der Waals surface area contributed by atoms with Crippen LogP contribution in [0, 0.1) is 6.92 Å². The molecule has 0 fully saturated rings. The first-order valence-corrected chi connectivity index (χ1v) is 8.48. The largest absolute Gasteiger partial charge is 0.477 e. The minimum Gasteiger partial charge on any atom is -0.477 e. The number of rotatable bonds is 7. The number of carboxylic acid groups (broad SMARTS) is 1. The molecule has 1 aromatic heterocycles. The third-order valence-electron chi connectivity index (χ3n) is 2.99. The van der Waals surface area contributed by atoms with E-state index in [1.54, 1.807) is 6.92 Å². The number of nitrogens with zero attached hydrogens (tertiary/aromatic N) is 1. The van der Waals surface area contributed by atoms with Gasteiger partial charge in [-0.3, -0.25) is 0 Å². The van der Waals surface area contributed by atoms with Crippen LogP contribution in [0.15, 0.2) is 10.3 Å². The molecule has 0 saturated carbocycles. The zero-order chi connectivity index (χ0) is 15.5. The molecule has 114 valence electrons. The van der Waals surface area contributed by atoms with Gasteiger partial charge in [-0.15, -0.1) is 11.3 Å². The molecule has 1 heterocycles. The van der Waals surface area contributed by atoms with Gasteiger partial charge >= 0.3 is 5.97 Å².